The fourth-order valence-electron chi connectivity index (χ4n) is 6.01. The molecule has 0 N–H and O–H groups in total. The predicted molar refractivity (Wildman–Crippen MR) is 136 cm³/mol. The summed E-state index contributed by atoms with van der Waals surface area (Å²) in [5.74, 6) is -1.78. The number of nitrogens with zero attached hydrogens (tertiary/aromatic N) is 7. The molecule has 0 saturated carbocycles. The molecule has 4 aliphatic rings. The maximum absolute atomic E-state index is 14.9. The molecule has 3 fully saturated rings. The Kier molecular flexibility index (Phi) is 5.44. The Balaban J connectivity index is 1.11. The Morgan fingerprint density at radius 2 is 1.82 bits per heavy atom. The Bertz CT molecular complexity index is 1400. The summed E-state index contributed by atoms with van der Waals surface area (Å²) in [6.07, 6.45) is 0. The average Bonchev–Trinajstić information content (AvgIpc) is 3.08. The molecule has 4 aliphatic heterocycles. The number of rotatable bonds is 5. The number of alkyl halides is 2. The molecule has 3 aromatic rings. The number of halogens is 4. The molecule has 0 unspecified atom stereocenters. The smallest absolute Gasteiger partial charge is 0.267 e. The molecular weight excluding hydrogens is 519 g/mol. The highest BCUT2D eigenvalue weighted by atomic mass is 35.5. The van der Waals surface area contributed by atoms with E-state index >= 15 is 0 Å². The first-order chi connectivity index (χ1) is 18.2. The molecule has 0 amide bonds. The van der Waals surface area contributed by atoms with Crippen LogP contribution in [-0.2, 0) is 17.8 Å². The molecule has 1 spiro atoms. The fourth-order valence-corrected chi connectivity index (χ4v) is 6.21. The number of aromatic nitrogens is 4. The number of anilines is 2. The zero-order valence-electron chi connectivity index (χ0n) is 20.9. The maximum Gasteiger partial charge on any atom is 0.267 e. The van der Waals surface area contributed by atoms with Crippen molar-refractivity contribution in [2.75, 3.05) is 55.7 Å². The van der Waals surface area contributed by atoms with Crippen molar-refractivity contribution in [3.05, 3.63) is 58.3 Å². The van der Waals surface area contributed by atoms with E-state index in [9.17, 15) is 13.2 Å². The molecule has 0 atom stereocenters. The van der Waals surface area contributed by atoms with Crippen LogP contribution in [0.3, 0.4) is 0 Å². The van der Waals surface area contributed by atoms with Crippen molar-refractivity contribution in [3.63, 3.8) is 0 Å². The summed E-state index contributed by atoms with van der Waals surface area (Å²) in [5, 5.41) is 9.50. The molecule has 8 nitrogen and oxygen atoms in total. The summed E-state index contributed by atoms with van der Waals surface area (Å²) in [5.41, 5.74) is 2.24. The van der Waals surface area contributed by atoms with E-state index in [0.29, 0.717) is 29.0 Å². The molecule has 0 radical (unpaired) electrons. The second-order valence-electron chi connectivity index (χ2n) is 11.1. The van der Waals surface area contributed by atoms with E-state index in [-0.39, 0.29) is 37.5 Å². The van der Waals surface area contributed by atoms with Crippen molar-refractivity contribution in [2.24, 2.45) is 11.3 Å². The van der Waals surface area contributed by atoms with Gasteiger partial charge in [0.15, 0.2) is 5.82 Å². The van der Waals surface area contributed by atoms with Gasteiger partial charge in [0.2, 0.25) is 5.95 Å². The van der Waals surface area contributed by atoms with Crippen LogP contribution in [0.25, 0.3) is 5.69 Å². The predicted octanol–water partition coefficient (Wildman–Crippen LogP) is 3.69. The Hall–Kier alpha value is -2.89. The Morgan fingerprint density at radius 1 is 1.05 bits per heavy atom. The van der Waals surface area contributed by atoms with Gasteiger partial charge in [0, 0.05) is 43.2 Å². The lowest BCUT2D eigenvalue weighted by Gasteiger charge is -2.60. The van der Waals surface area contributed by atoms with Crippen molar-refractivity contribution < 1.29 is 17.9 Å². The van der Waals surface area contributed by atoms with Crippen LogP contribution in [0.4, 0.5) is 24.9 Å². The first kappa shape index (κ1) is 24.2. The van der Waals surface area contributed by atoms with Crippen molar-refractivity contribution in [2.45, 2.75) is 25.9 Å². The average molecular weight is 546 g/mol. The summed E-state index contributed by atoms with van der Waals surface area (Å²) < 4.78 is 50.5. The normalized spacial score (nSPS) is 20.9. The van der Waals surface area contributed by atoms with E-state index in [4.69, 9.17) is 16.3 Å². The molecule has 200 valence electrons. The first-order valence-corrected chi connectivity index (χ1v) is 13.1. The topological polar surface area (TPSA) is 62.6 Å². The summed E-state index contributed by atoms with van der Waals surface area (Å²) in [4.78, 5) is 10.5. The van der Waals surface area contributed by atoms with E-state index < -0.39 is 11.8 Å². The number of ether oxygens (including phenoxy) is 1. The fraction of sp³-hybridized carbons (Fsp3) is 0.500. The third-order valence-corrected chi connectivity index (χ3v) is 8.38. The van der Waals surface area contributed by atoms with Gasteiger partial charge >= 0.3 is 0 Å². The highest BCUT2D eigenvalue weighted by molar-refractivity contribution is 6.30. The number of fused-ring (bicyclic) bond motifs is 3. The lowest BCUT2D eigenvalue weighted by Crippen LogP contribution is -2.73. The Morgan fingerprint density at radius 3 is 2.53 bits per heavy atom. The lowest BCUT2D eigenvalue weighted by molar-refractivity contribution is -0.179. The molecule has 0 bridgehead atoms. The van der Waals surface area contributed by atoms with Gasteiger partial charge in [-0.15, -0.1) is 10.2 Å². The van der Waals surface area contributed by atoms with Crippen LogP contribution in [0, 0.1) is 24.1 Å². The van der Waals surface area contributed by atoms with Crippen LogP contribution in [0.5, 0.6) is 0 Å². The third-order valence-electron chi connectivity index (χ3n) is 8.14. The van der Waals surface area contributed by atoms with Gasteiger partial charge in [-0.3, -0.25) is 9.47 Å². The van der Waals surface area contributed by atoms with E-state index in [0.717, 1.165) is 43.2 Å². The highest BCUT2D eigenvalue weighted by Gasteiger charge is 2.53. The number of pyridine rings is 1. The monoisotopic (exact) mass is 545 g/mol. The van der Waals surface area contributed by atoms with Crippen LogP contribution in [0.2, 0.25) is 5.02 Å². The SMILES string of the molecule is Cc1nc(N2CC3(C2)CN(c2nnc4n2-c2ccc(Cl)cc2CN(CC(F)(F)C2COC2)C4)C3)ccc1F. The number of aryl methyl sites for hydroxylation is 1. The van der Waals surface area contributed by atoms with Gasteiger partial charge in [-0.25, -0.2) is 18.2 Å². The van der Waals surface area contributed by atoms with Crippen LogP contribution < -0.4 is 9.80 Å². The number of benzene rings is 1. The summed E-state index contributed by atoms with van der Waals surface area (Å²) in [6.45, 7) is 5.34. The number of hydrogen-bond donors (Lipinski definition) is 0. The third kappa shape index (κ3) is 3.94. The van der Waals surface area contributed by atoms with Gasteiger partial charge in [0.05, 0.1) is 43.6 Å². The van der Waals surface area contributed by atoms with Gasteiger partial charge in [-0.1, -0.05) is 11.6 Å². The molecule has 1 aromatic carbocycles. The first-order valence-electron chi connectivity index (χ1n) is 12.7. The minimum absolute atomic E-state index is 0.0918. The molecule has 3 saturated heterocycles. The summed E-state index contributed by atoms with van der Waals surface area (Å²) >= 11 is 6.32. The van der Waals surface area contributed by atoms with Crippen molar-refractivity contribution >= 4 is 23.4 Å². The zero-order valence-corrected chi connectivity index (χ0v) is 21.6. The van der Waals surface area contributed by atoms with Crippen LogP contribution >= 0.6 is 11.6 Å². The van der Waals surface area contributed by atoms with E-state index in [1.807, 2.05) is 22.8 Å². The minimum Gasteiger partial charge on any atom is -0.380 e. The minimum atomic E-state index is -2.85. The lowest BCUT2D eigenvalue weighted by atomic mass is 9.73. The van der Waals surface area contributed by atoms with Crippen molar-refractivity contribution in [1.82, 2.24) is 24.6 Å². The van der Waals surface area contributed by atoms with Crippen LogP contribution in [0.1, 0.15) is 17.1 Å². The molecule has 6 heterocycles. The van der Waals surface area contributed by atoms with Crippen molar-refractivity contribution in [3.8, 4) is 5.69 Å². The van der Waals surface area contributed by atoms with Gasteiger partial charge in [-0.05, 0) is 42.8 Å². The van der Waals surface area contributed by atoms with Crippen molar-refractivity contribution in [1.29, 1.82) is 0 Å². The molecule has 7 rings (SSSR count). The summed E-state index contributed by atoms with van der Waals surface area (Å²) in [6, 6.07) is 8.75. The summed E-state index contributed by atoms with van der Waals surface area (Å²) in [7, 11) is 0. The molecule has 0 aliphatic carbocycles. The van der Waals surface area contributed by atoms with Gasteiger partial charge in [-0.2, -0.15) is 0 Å². The molecular formula is C26H27ClF3N7O. The molecule has 12 heteroatoms. The maximum atomic E-state index is 14.9. The van der Waals surface area contributed by atoms with Gasteiger partial charge in [0.25, 0.3) is 5.92 Å². The van der Waals surface area contributed by atoms with E-state index in [2.05, 4.69) is 25.0 Å². The number of hydrogen-bond acceptors (Lipinski definition) is 7. The second kappa shape index (κ2) is 8.56. The van der Waals surface area contributed by atoms with E-state index in [1.165, 1.54) is 6.07 Å². The second-order valence-corrected chi connectivity index (χ2v) is 11.6. The van der Waals surface area contributed by atoms with Crippen LogP contribution in [0.15, 0.2) is 30.3 Å². The quantitative estimate of drug-likeness (QED) is 0.485. The highest BCUT2D eigenvalue weighted by Crippen LogP contribution is 2.44. The largest absolute Gasteiger partial charge is 0.380 e. The zero-order chi connectivity index (χ0) is 26.2. The Labute approximate surface area is 223 Å². The van der Waals surface area contributed by atoms with Crippen LogP contribution in [-0.4, -0.2) is 76.5 Å². The standard InChI is InChI=1S/C26H27ClF3N7O/c1-16-20(28)3-5-22(31-16)35-11-25(12-35)13-36(14-25)24-33-32-23-8-34(15-26(29,30)18-9-38-10-18)7-17-6-19(27)2-4-21(17)37(23)24/h2-6,18H,7-15H2,1H3. The van der Waals surface area contributed by atoms with Gasteiger partial charge < -0.3 is 14.5 Å². The molecule has 38 heavy (non-hydrogen) atoms. The molecule has 2 aromatic heterocycles. The van der Waals surface area contributed by atoms with Gasteiger partial charge in [0.1, 0.15) is 11.6 Å². The van der Waals surface area contributed by atoms with E-state index in [1.54, 1.807) is 17.9 Å².